The molecule has 0 radical (unpaired) electrons. The van der Waals surface area contributed by atoms with Crippen molar-refractivity contribution in [1.82, 2.24) is 15.3 Å². The highest BCUT2D eigenvalue weighted by Gasteiger charge is 2.20. The first-order chi connectivity index (χ1) is 18.9. The first-order valence-corrected chi connectivity index (χ1v) is 12.6. The summed E-state index contributed by atoms with van der Waals surface area (Å²) in [4.78, 5) is 21.8. The third kappa shape index (κ3) is 5.11. The minimum Gasteiger partial charge on any atom is -0.497 e. The number of ether oxygens (including phenoxy) is 3. The number of aromatic amines is 1. The summed E-state index contributed by atoms with van der Waals surface area (Å²) in [6.07, 6.45) is 2.39. The molecule has 0 aliphatic carbocycles. The Hall–Kier alpha value is -4.56. The zero-order chi connectivity index (χ0) is 27.5. The molecule has 0 bridgehead atoms. The van der Waals surface area contributed by atoms with E-state index in [0.29, 0.717) is 45.8 Å². The minimum absolute atomic E-state index is 0.212. The Morgan fingerprint density at radius 2 is 1.72 bits per heavy atom. The Balaban J connectivity index is 1.55. The topological polar surface area (TPSA) is 106 Å². The van der Waals surface area contributed by atoms with Gasteiger partial charge in [0.25, 0.3) is 5.91 Å². The van der Waals surface area contributed by atoms with E-state index in [1.807, 2.05) is 61.7 Å². The Morgan fingerprint density at radius 3 is 2.41 bits per heavy atom. The number of fused-ring (bicyclic) bond motifs is 2. The maximum Gasteiger partial charge on any atom is 0.252 e. The molecule has 0 saturated carbocycles. The summed E-state index contributed by atoms with van der Waals surface area (Å²) < 4.78 is 16.5. The highest BCUT2D eigenvalue weighted by Crippen LogP contribution is 2.35. The van der Waals surface area contributed by atoms with Crippen molar-refractivity contribution < 1.29 is 24.1 Å². The molecule has 2 heterocycles. The summed E-state index contributed by atoms with van der Waals surface area (Å²) >= 11 is 0. The molecule has 2 aromatic heterocycles. The summed E-state index contributed by atoms with van der Waals surface area (Å²) in [5, 5.41) is 14.9. The number of aromatic nitrogens is 2. The zero-order valence-corrected chi connectivity index (χ0v) is 22.4. The number of nitrogens with one attached hydrogen (secondary N) is 2. The molecule has 200 valence electrons. The molecule has 8 heteroatoms. The molecule has 3 aromatic carbocycles. The molecule has 0 unspecified atom stereocenters. The fraction of sp³-hybridized carbons (Fsp3) is 0.226. The standard InChI is InChI=1S/C31H31N3O5/c1-18-29(38-3)12-19(13-30(18)39-4)28-15-25(24-14-22(37-2)9-10-27(24)34-28)31(36)33-21(17-35)11-20-16-32-26-8-6-5-7-23(20)26/h5-10,12-16,21,32,35H,11,17H2,1-4H3,(H,33,36)/t21-/m1/s1. The molecule has 5 rings (SSSR count). The van der Waals surface area contributed by atoms with Crippen LogP contribution in [0.5, 0.6) is 17.2 Å². The monoisotopic (exact) mass is 525 g/mol. The third-order valence-electron chi connectivity index (χ3n) is 7.01. The van der Waals surface area contributed by atoms with Crippen LogP contribution in [0.2, 0.25) is 0 Å². The number of amides is 1. The van der Waals surface area contributed by atoms with Gasteiger partial charge in [-0.15, -0.1) is 0 Å². The van der Waals surface area contributed by atoms with Crippen LogP contribution in [0.3, 0.4) is 0 Å². The lowest BCUT2D eigenvalue weighted by Crippen LogP contribution is -2.39. The molecule has 5 aromatic rings. The Bertz CT molecular complexity index is 1630. The van der Waals surface area contributed by atoms with E-state index in [-0.39, 0.29) is 12.5 Å². The number of methoxy groups -OCH3 is 3. The van der Waals surface area contributed by atoms with Crippen LogP contribution in [0.1, 0.15) is 21.5 Å². The normalized spacial score (nSPS) is 11.9. The van der Waals surface area contributed by atoms with E-state index in [2.05, 4.69) is 10.3 Å². The number of hydrogen-bond acceptors (Lipinski definition) is 6. The van der Waals surface area contributed by atoms with Gasteiger partial charge in [-0.1, -0.05) is 18.2 Å². The third-order valence-corrected chi connectivity index (χ3v) is 7.01. The van der Waals surface area contributed by atoms with Crippen molar-refractivity contribution in [2.45, 2.75) is 19.4 Å². The fourth-order valence-electron chi connectivity index (χ4n) is 4.89. The predicted molar refractivity (Wildman–Crippen MR) is 152 cm³/mol. The number of pyridine rings is 1. The molecule has 1 atom stereocenters. The molecule has 0 aliphatic heterocycles. The van der Waals surface area contributed by atoms with E-state index < -0.39 is 6.04 Å². The first kappa shape index (κ1) is 26.1. The van der Waals surface area contributed by atoms with Gasteiger partial charge in [-0.3, -0.25) is 4.79 Å². The summed E-state index contributed by atoms with van der Waals surface area (Å²) in [5.74, 6) is 1.61. The van der Waals surface area contributed by atoms with E-state index in [1.54, 1.807) is 33.5 Å². The lowest BCUT2D eigenvalue weighted by Gasteiger charge is -2.18. The van der Waals surface area contributed by atoms with Crippen LogP contribution in [0.4, 0.5) is 0 Å². The maximum absolute atomic E-state index is 13.8. The smallest absolute Gasteiger partial charge is 0.252 e. The number of carbonyl (C=O) groups excluding carboxylic acids is 1. The van der Waals surface area contributed by atoms with Crippen molar-refractivity contribution in [3.05, 3.63) is 83.6 Å². The number of carbonyl (C=O) groups is 1. The summed E-state index contributed by atoms with van der Waals surface area (Å²) in [5.41, 5.74) is 5.29. The van der Waals surface area contributed by atoms with Gasteiger partial charge >= 0.3 is 0 Å². The summed E-state index contributed by atoms with van der Waals surface area (Å²) in [6.45, 7) is 1.71. The molecule has 39 heavy (non-hydrogen) atoms. The number of aliphatic hydroxyl groups is 1. The highest BCUT2D eigenvalue weighted by atomic mass is 16.5. The number of benzene rings is 3. The van der Waals surface area contributed by atoms with Crippen molar-refractivity contribution in [2.24, 2.45) is 0 Å². The average Bonchev–Trinajstić information content (AvgIpc) is 3.38. The van der Waals surface area contributed by atoms with Gasteiger partial charge in [0.05, 0.1) is 50.8 Å². The van der Waals surface area contributed by atoms with Gasteiger partial charge in [0.2, 0.25) is 0 Å². The van der Waals surface area contributed by atoms with Crippen LogP contribution in [-0.2, 0) is 6.42 Å². The van der Waals surface area contributed by atoms with Crippen LogP contribution >= 0.6 is 0 Å². The van der Waals surface area contributed by atoms with Crippen LogP contribution in [0.25, 0.3) is 33.1 Å². The largest absolute Gasteiger partial charge is 0.497 e. The molecular weight excluding hydrogens is 494 g/mol. The van der Waals surface area contributed by atoms with Crippen molar-refractivity contribution in [3.8, 4) is 28.5 Å². The Labute approximate surface area is 226 Å². The van der Waals surface area contributed by atoms with Crippen LogP contribution in [0.15, 0.2) is 66.9 Å². The molecule has 3 N–H and O–H groups in total. The number of rotatable bonds is 9. The van der Waals surface area contributed by atoms with Gasteiger partial charge in [0.1, 0.15) is 17.2 Å². The zero-order valence-electron chi connectivity index (χ0n) is 22.4. The van der Waals surface area contributed by atoms with Crippen LogP contribution < -0.4 is 19.5 Å². The van der Waals surface area contributed by atoms with Gasteiger partial charge in [-0.2, -0.15) is 0 Å². The Kier molecular flexibility index (Phi) is 7.38. The molecule has 0 aliphatic rings. The van der Waals surface area contributed by atoms with E-state index in [1.165, 1.54) is 0 Å². The van der Waals surface area contributed by atoms with Gasteiger partial charge < -0.3 is 29.6 Å². The predicted octanol–water partition coefficient (Wildman–Crippen LogP) is 5.05. The van der Waals surface area contributed by atoms with E-state index in [4.69, 9.17) is 19.2 Å². The minimum atomic E-state index is -0.492. The molecule has 0 fully saturated rings. The highest BCUT2D eigenvalue weighted by molar-refractivity contribution is 6.07. The van der Waals surface area contributed by atoms with E-state index >= 15 is 0 Å². The van der Waals surface area contributed by atoms with Crippen molar-refractivity contribution >= 4 is 27.7 Å². The van der Waals surface area contributed by atoms with Crippen LogP contribution in [-0.4, -0.2) is 55.0 Å². The SMILES string of the molecule is COc1ccc2nc(-c3cc(OC)c(C)c(OC)c3)cc(C(=O)N[C@@H](CO)Cc3c[nH]c4ccccc34)c2c1. The van der Waals surface area contributed by atoms with E-state index in [9.17, 15) is 9.90 Å². The fourth-order valence-corrected chi connectivity index (χ4v) is 4.89. The Morgan fingerprint density at radius 1 is 0.974 bits per heavy atom. The van der Waals surface area contributed by atoms with E-state index in [0.717, 1.165) is 27.6 Å². The lowest BCUT2D eigenvalue weighted by molar-refractivity contribution is 0.0918. The summed E-state index contributed by atoms with van der Waals surface area (Å²) in [7, 11) is 4.79. The number of para-hydroxylation sites is 1. The van der Waals surface area contributed by atoms with Gasteiger partial charge in [0, 0.05) is 33.6 Å². The number of aliphatic hydroxyl groups excluding tert-OH is 1. The molecular formula is C31H31N3O5. The second-order valence-electron chi connectivity index (χ2n) is 9.36. The number of hydrogen-bond donors (Lipinski definition) is 3. The van der Waals surface area contributed by atoms with Crippen LogP contribution in [0, 0.1) is 6.92 Å². The van der Waals surface area contributed by atoms with Crippen molar-refractivity contribution in [2.75, 3.05) is 27.9 Å². The second kappa shape index (κ2) is 11.0. The molecule has 0 spiro atoms. The quantitative estimate of drug-likeness (QED) is 0.249. The van der Waals surface area contributed by atoms with Gasteiger partial charge in [0.15, 0.2) is 0 Å². The lowest BCUT2D eigenvalue weighted by atomic mass is 10.0. The second-order valence-corrected chi connectivity index (χ2v) is 9.36. The van der Waals surface area contributed by atoms with Crippen molar-refractivity contribution in [3.63, 3.8) is 0 Å². The number of nitrogens with zero attached hydrogens (tertiary/aromatic N) is 1. The van der Waals surface area contributed by atoms with Crippen molar-refractivity contribution in [1.29, 1.82) is 0 Å². The maximum atomic E-state index is 13.8. The molecule has 0 saturated heterocycles. The first-order valence-electron chi connectivity index (χ1n) is 12.6. The molecule has 8 nitrogen and oxygen atoms in total. The summed E-state index contributed by atoms with van der Waals surface area (Å²) in [6, 6.07) is 18.4. The average molecular weight is 526 g/mol. The molecule has 1 amide bonds. The number of H-pyrrole nitrogens is 1. The van der Waals surface area contributed by atoms with Gasteiger partial charge in [-0.25, -0.2) is 4.98 Å². The van der Waals surface area contributed by atoms with Gasteiger partial charge in [-0.05, 0) is 61.4 Å².